The number of aliphatic imine (C=N–C) groups is 1. The fourth-order valence-corrected chi connectivity index (χ4v) is 2.51. The molecule has 1 atom stereocenters. The first kappa shape index (κ1) is 27.6. The summed E-state index contributed by atoms with van der Waals surface area (Å²) in [5.41, 5.74) is 0. The first-order valence-electron chi connectivity index (χ1n) is 9.07. The highest BCUT2D eigenvalue weighted by Gasteiger charge is 2.20. The Morgan fingerprint density at radius 2 is 1.77 bits per heavy atom. The first-order valence-corrected chi connectivity index (χ1v) is 9.07. The minimum absolute atomic E-state index is 0. The van der Waals surface area contributed by atoms with Crippen molar-refractivity contribution in [1.29, 1.82) is 0 Å². The van der Waals surface area contributed by atoms with E-state index in [0.717, 1.165) is 38.6 Å². The molecule has 26 heavy (non-hydrogen) atoms. The van der Waals surface area contributed by atoms with Crippen LogP contribution in [0.4, 0.5) is 0 Å². The molecule has 0 spiro atoms. The van der Waals surface area contributed by atoms with E-state index >= 15 is 0 Å². The summed E-state index contributed by atoms with van der Waals surface area (Å²) < 4.78 is 10.4. The van der Waals surface area contributed by atoms with Crippen molar-refractivity contribution in [3.05, 3.63) is 25.3 Å². The number of methoxy groups -OCH3 is 1. The summed E-state index contributed by atoms with van der Waals surface area (Å²) in [4.78, 5) is 6.66. The summed E-state index contributed by atoms with van der Waals surface area (Å²) in [6.45, 7) is 17.5. The minimum atomic E-state index is 0. The van der Waals surface area contributed by atoms with Crippen molar-refractivity contribution in [2.24, 2.45) is 10.9 Å². The molecule has 0 heterocycles. The number of hydrogen-bond acceptors (Lipinski definition) is 4. The second kappa shape index (κ2) is 19.1. The Morgan fingerprint density at radius 3 is 2.27 bits per heavy atom. The number of nitrogens with zero attached hydrogens (tertiary/aromatic N) is 2. The van der Waals surface area contributed by atoms with Crippen molar-refractivity contribution in [3.8, 4) is 0 Å². The van der Waals surface area contributed by atoms with Crippen molar-refractivity contribution in [2.45, 2.75) is 26.3 Å². The third-order valence-electron chi connectivity index (χ3n) is 3.86. The van der Waals surface area contributed by atoms with Crippen molar-refractivity contribution < 1.29 is 9.47 Å². The average Bonchev–Trinajstić information content (AvgIpc) is 2.59. The molecule has 0 radical (unpaired) electrons. The van der Waals surface area contributed by atoms with Crippen LogP contribution in [0.5, 0.6) is 0 Å². The Balaban J connectivity index is 0. The fraction of sp³-hybridized carbons (Fsp3) is 0.737. The van der Waals surface area contributed by atoms with Gasteiger partial charge in [0.1, 0.15) is 0 Å². The van der Waals surface area contributed by atoms with Crippen LogP contribution < -0.4 is 10.6 Å². The van der Waals surface area contributed by atoms with Gasteiger partial charge in [-0.25, -0.2) is 0 Å². The third kappa shape index (κ3) is 13.5. The lowest BCUT2D eigenvalue weighted by molar-refractivity contribution is 0.0698. The van der Waals surface area contributed by atoms with E-state index in [0.29, 0.717) is 31.8 Å². The second-order valence-corrected chi connectivity index (χ2v) is 6.18. The lowest BCUT2D eigenvalue weighted by Gasteiger charge is -2.33. The lowest BCUT2D eigenvalue weighted by Crippen LogP contribution is -2.49. The molecule has 0 aromatic heterocycles. The number of halogens is 1. The van der Waals surface area contributed by atoms with Gasteiger partial charge in [0.2, 0.25) is 0 Å². The van der Waals surface area contributed by atoms with Crippen LogP contribution in [0.15, 0.2) is 30.3 Å². The van der Waals surface area contributed by atoms with E-state index in [4.69, 9.17) is 9.47 Å². The van der Waals surface area contributed by atoms with Crippen LogP contribution >= 0.6 is 24.0 Å². The summed E-state index contributed by atoms with van der Waals surface area (Å²) in [6.07, 6.45) is 4.81. The van der Waals surface area contributed by atoms with Crippen LogP contribution in [0.25, 0.3) is 0 Å². The van der Waals surface area contributed by atoms with Gasteiger partial charge in [-0.2, -0.15) is 0 Å². The topological polar surface area (TPSA) is 58.1 Å². The zero-order valence-electron chi connectivity index (χ0n) is 17.0. The summed E-state index contributed by atoms with van der Waals surface area (Å²) in [5, 5.41) is 6.75. The van der Waals surface area contributed by atoms with E-state index in [9.17, 15) is 0 Å². The zero-order valence-corrected chi connectivity index (χ0v) is 19.3. The maximum atomic E-state index is 5.45. The molecule has 0 saturated carbocycles. The molecule has 0 aromatic carbocycles. The standard InChI is InChI=1S/C19H38N4O2.HI/c1-7-11-23(12-8-2)18(17(3)4)16-22-19(20-5)21-10-9-13-25-15-14-24-6;/h7-8,17-18H,1-2,9-16H2,3-6H3,(H2,20,21,22);1H. The largest absolute Gasteiger partial charge is 0.382 e. The molecule has 154 valence electrons. The summed E-state index contributed by atoms with van der Waals surface area (Å²) in [7, 11) is 3.47. The van der Waals surface area contributed by atoms with Crippen molar-refractivity contribution in [3.63, 3.8) is 0 Å². The van der Waals surface area contributed by atoms with Gasteiger partial charge in [-0.3, -0.25) is 9.89 Å². The Labute approximate surface area is 177 Å². The number of guanidine groups is 1. The van der Waals surface area contributed by atoms with Gasteiger partial charge in [0, 0.05) is 53.0 Å². The van der Waals surface area contributed by atoms with Crippen LogP contribution in [0.3, 0.4) is 0 Å². The molecule has 1 unspecified atom stereocenters. The normalized spacial score (nSPS) is 12.6. The molecule has 0 aliphatic carbocycles. The molecular formula is C19H39IN4O2. The van der Waals surface area contributed by atoms with Crippen molar-refractivity contribution in [2.75, 3.05) is 60.2 Å². The molecular weight excluding hydrogens is 443 g/mol. The Morgan fingerprint density at radius 1 is 1.12 bits per heavy atom. The van der Waals surface area contributed by atoms with Crippen LogP contribution in [-0.2, 0) is 9.47 Å². The molecule has 0 saturated heterocycles. The van der Waals surface area contributed by atoms with Crippen molar-refractivity contribution >= 4 is 29.9 Å². The number of nitrogens with one attached hydrogen (secondary N) is 2. The number of hydrogen-bond donors (Lipinski definition) is 2. The van der Waals surface area contributed by atoms with E-state index < -0.39 is 0 Å². The summed E-state index contributed by atoms with van der Waals surface area (Å²) in [6, 6.07) is 0.381. The number of rotatable bonds is 15. The van der Waals surface area contributed by atoms with Gasteiger partial charge in [-0.15, -0.1) is 37.1 Å². The average molecular weight is 482 g/mol. The van der Waals surface area contributed by atoms with Gasteiger partial charge in [0.05, 0.1) is 13.2 Å². The van der Waals surface area contributed by atoms with Crippen LogP contribution in [-0.4, -0.2) is 77.1 Å². The molecule has 6 nitrogen and oxygen atoms in total. The van der Waals surface area contributed by atoms with Crippen LogP contribution in [0, 0.1) is 5.92 Å². The van der Waals surface area contributed by atoms with Crippen LogP contribution in [0.1, 0.15) is 20.3 Å². The molecule has 0 amide bonds. The van der Waals surface area contributed by atoms with Crippen molar-refractivity contribution in [1.82, 2.24) is 15.5 Å². The fourth-order valence-electron chi connectivity index (χ4n) is 2.51. The quantitative estimate of drug-likeness (QED) is 0.124. The van der Waals surface area contributed by atoms with Gasteiger partial charge < -0.3 is 20.1 Å². The van der Waals surface area contributed by atoms with E-state index in [2.05, 4.69) is 47.5 Å². The highest BCUT2D eigenvalue weighted by Crippen LogP contribution is 2.10. The lowest BCUT2D eigenvalue weighted by atomic mass is 10.0. The monoisotopic (exact) mass is 482 g/mol. The predicted octanol–water partition coefficient (Wildman–Crippen LogP) is 2.52. The maximum absolute atomic E-state index is 5.45. The predicted molar refractivity (Wildman–Crippen MR) is 123 cm³/mol. The number of ether oxygens (including phenoxy) is 2. The third-order valence-corrected chi connectivity index (χ3v) is 3.86. The molecule has 0 rings (SSSR count). The summed E-state index contributed by atoms with van der Waals surface area (Å²) >= 11 is 0. The Bertz CT molecular complexity index is 369. The molecule has 7 heteroatoms. The molecule has 0 aromatic rings. The SMILES string of the molecule is C=CCN(CC=C)C(CNC(=NC)NCCCOCCOC)C(C)C.I. The Kier molecular flexibility index (Phi) is 20.3. The molecule has 0 aliphatic rings. The van der Waals surface area contributed by atoms with Crippen LogP contribution in [0.2, 0.25) is 0 Å². The molecule has 0 aliphatic heterocycles. The maximum Gasteiger partial charge on any atom is 0.191 e. The second-order valence-electron chi connectivity index (χ2n) is 6.18. The molecule has 2 N–H and O–H groups in total. The first-order chi connectivity index (χ1) is 12.1. The highest BCUT2D eigenvalue weighted by molar-refractivity contribution is 14.0. The van der Waals surface area contributed by atoms with Gasteiger partial charge in [-0.05, 0) is 12.3 Å². The molecule has 0 bridgehead atoms. The van der Waals surface area contributed by atoms with E-state index in [-0.39, 0.29) is 24.0 Å². The van der Waals surface area contributed by atoms with Gasteiger partial charge >= 0.3 is 0 Å². The van der Waals surface area contributed by atoms with Gasteiger partial charge in [0.25, 0.3) is 0 Å². The Hall–Kier alpha value is -0.640. The van der Waals surface area contributed by atoms with E-state index in [1.807, 2.05) is 12.2 Å². The molecule has 0 fully saturated rings. The highest BCUT2D eigenvalue weighted by atomic mass is 127. The minimum Gasteiger partial charge on any atom is -0.382 e. The van der Waals surface area contributed by atoms with Gasteiger partial charge in [0.15, 0.2) is 5.96 Å². The van der Waals surface area contributed by atoms with Gasteiger partial charge in [-0.1, -0.05) is 26.0 Å². The van der Waals surface area contributed by atoms with E-state index in [1.54, 1.807) is 14.2 Å². The summed E-state index contributed by atoms with van der Waals surface area (Å²) in [5.74, 6) is 1.33. The van der Waals surface area contributed by atoms with E-state index in [1.165, 1.54) is 0 Å². The zero-order chi connectivity index (χ0) is 18.9. The smallest absolute Gasteiger partial charge is 0.191 e.